The fourth-order valence-corrected chi connectivity index (χ4v) is 1.77. The van der Waals surface area contributed by atoms with Gasteiger partial charge < -0.3 is 5.32 Å². The molecule has 1 aromatic rings. The normalized spacial score (nSPS) is 14.1. The average Bonchev–Trinajstić information content (AvgIpc) is 2.52. The van der Waals surface area contributed by atoms with Crippen LogP contribution in [0.5, 0.6) is 0 Å². The molecule has 0 radical (unpaired) electrons. The SMILES string of the molecule is CCn1nc(C)c(Cl)c1CNC(C)(C)C(C)Cl. The topological polar surface area (TPSA) is 29.9 Å². The van der Waals surface area contributed by atoms with E-state index in [1.54, 1.807) is 0 Å². The van der Waals surface area contributed by atoms with E-state index in [1.165, 1.54) is 0 Å². The van der Waals surface area contributed by atoms with E-state index in [4.69, 9.17) is 23.2 Å². The second kappa shape index (κ2) is 5.59. The van der Waals surface area contributed by atoms with Crippen LogP contribution in [0.25, 0.3) is 0 Å². The molecule has 1 atom stereocenters. The Morgan fingerprint density at radius 3 is 2.53 bits per heavy atom. The summed E-state index contributed by atoms with van der Waals surface area (Å²) < 4.78 is 1.93. The van der Waals surface area contributed by atoms with Crippen molar-refractivity contribution in [2.75, 3.05) is 0 Å². The molecule has 1 unspecified atom stereocenters. The maximum absolute atomic E-state index is 6.24. The largest absolute Gasteiger partial charge is 0.305 e. The van der Waals surface area contributed by atoms with E-state index in [1.807, 2.05) is 18.5 Å². The number of aromatic nitrogens is 2. The van der Waals surface area contributed by atoms with Crippen molar-refractivity contribution in [3.05, 3.63) is 16.4 Å². The lowest BCUT2D eigenvalue weighted by Crippen LogP contribution is -2.45. The summed E-state index contributed by atoms with van der Waals surface area (Å²) in [6.45, 7) is 11.6. The molecule has 1 rings (SSSR count). The van der Waals surface area contributed by atoms with E-state index in [9.17, 15) is 0 Å². The molecule has 0 aliphatic rings. The van der Waals surface area contributed by atoms with Gasteiger partial charge in [0.1, 0.15) is 0 Å². The van der Waals surface area contributed by atoms with Crippen molar-refractivity contribution >= 4 is 23.2 Å². The van der Waals surface area contributed by atoms with Crippen molar-refractivity contribution in [3.63, 3.8) is 0 Å². The Kier molecular flexibility index (Phi) is 4.87. The van der Waals surface area contributed by atoms with Gasteiger partial charge in [-0.15, -0.1) is 11.6 Å². The van der Waals surface area contributed by atoms with Crippen LogP contribution in [-0.2, 0) is 13.1 Å². The molecule has 1 N–H and O–H groups in total. The second-order valence-electron chi connectivity index (χ2n) is 4.85. The smallest absolute Gasteiger partial charge is 0.0860 e. The fraction of sp³-hybridized carbons (Fsp3) is 0.750. The zero-order chi connectivity index (χ0) is 13.2. The summed E-state index contributed by atoms with van der Waals surface area (Å²) in [5, 5.41) is 8.60. The minimum Gasteiger partial charge on any atom is -0.305 e. The summed E-state index contributed by atoms with van der Waals surface area (Å²) in [5.41, 5.74) is 1.76. The van der Waals surface area contributed by atoms with Crippen molar-refractivity contribution in [3.8, 4) is 0 Å². The molecule has 3 nitrogen and oxygen atoms in total. The Hall–Kier alpha value is -0.250. The fourth-order valence-electron chi connectivity index (χ4n) is 1.49. The highest BCUT2D eigenvalue weighted by molar-refractivity contribution is 6.31. The molecule has 0 amide bonds. The van der Waals surface area contributed by atoms with E-state index in [-0.39, 0.29) is 10.9 Å². The van der Waals surface area contributed by atoms with Gasteiger partial charge in [-0.25, -0.2) is 0 Å². The summed E-state index contributed by atoms with van der Waals surface area (Å²) in [6.07, 6.45) is 0. The van der Waals surface area contributed by atoms with Gasteiger partial charge in [-0.2, -0.15) is 5.10 Å². The first kappa shape index (κ1) is 14.8. The standard InChI is InChI=1S/C12H21Cl2N3/c1-6-17-10(11(14)8(2)16-17)7-15-12(4,5)9(3)13/h9,15H,6-7H2,1-5H3. The van der Waals surface area contributed by atoms with Crippen molar-refractivity contribution < 1.29 is 0 Å². The minimum atomic E-state index is -0.137. The molecule has 98 valence electrons. The molecule has 0 aliphatic heterocycles. The Morgan fingerprint density at radius 2 is 2.06 bits per heavy atom. The lowest BCUT2D eigenvalue weighted by molar-refractivity contribution is 0.372. The summed E-state index contributed by atoms with van der Waals surface area (Å²) in [5.74, 6) is 0. The number of nitrogens with zero attached hydrogens (tertiary/aromatic N) is 2. The number of alkyl halides is 1. The van der Waals surface area contributed by atoms with Gasteiger partial charge in [0.05, 0.1) is 16.4 Å². The Morgan fingerprint density at radius 1 is 1.47 bits per heavy atom. The molecule has 0 fully saturated rings. The van der Waals surface area contributed by atoms with Crippen LogP contribution in [0.3, 0.4) is 0 Å². The predicted octanol–water partition coefficient (Wildman–Crippen LogP) is 3.36. The van der Waals surface area contributed by atoms with E-state index >= 15 is 0 Å². The van der Waals surface area contributed by atoms with Gasteiger partial charge in [-0.3, -0.25) is 4.68 Å². The monoisotopic (exact) mass is 277 g/mol. The number of nitrogens with one attached hydrogen (secondary N) is 1. The highest BCUT2D eigenvalue weighted by atomic mass is 35.5. The van der Waals surface area contributed by atoms with Crippen molar-refractivity contribution in [2.24, 2.45) is 0 Å². The lowest BCUT2D eigenvalue weighted by atomic mass is 10.0. The average molecular weight is 278 g/mol. The molecular formula is C12H21Cl2N3. The molecule has 1 aromatic heterocycles. The second-order valence-corrected chi connectivity index (χ2v) is 5.89. The van der Waals surface area contributed by atoms with Crippen molar-refractivity contribution in [2.45, 2.75) is 58.6 Å². The third-order valence-electron chi connectivity index (χ3n) is 3.16. The van der Waals surface area contributed by atoms with Gasteiger partial charge in [0.15, 0.2) is 0 Å². The molecule has 5 heteroatoms. The van der Waals surface area contributed by atoms with Crippen LogP contribution in [0.15, 0.2) is 0 Å². The van der Waals surface area contributed by atoms with E-state index in [2.05, 4.69) is 31.2 Å². The number of rotatable bonds is 5. The van der Waals surface area contributed by atoms with Gasteiger partial charge >= 0.3 is 0 Å². The van der Waals surface area contributed by atoms with Gasteiger partial charge in [-0.1, -0.05) is 11.6 Å². The zero-order valence-corrected chi connectivity index (χ0v) is 12.7. The first-order chi connectivity index (χ1) is 7.79. The van der Waals surface area contributed by atoms with Crippen LogP contribution in [-0.4, -0.2) is 20.7 Å². The van der Waals surface area contributed by atoms with Crippen molar-refractivity contribution in [1.29, 1.82) is 0 Å². The number of halogens is 2. The van der Waals surface area contributed by atoms with Crippen LogP contribution < -0.4 is 5.32 Å². The van der Waals surface area contributed by atoms with Crippen LogP contribution >= 0.6 is 23.2 Å². The maximum Gasteiger partial charge on any atom is 0.0860 e. The summed E-state index contributed by atoms with van der Waals surface area (Å²) in [6, 6.07) is 0. The zero-order valence-electron chi connectivity index (χ0n) is 11.1. The number of hydrogen-bond acceptors (Lipinski definition) is 2. The Labute approximate surface area is 113 Å². The van der Waals surface area contributed by atoms with Gasteiger partial charge in [0.25, 0.3) is 0 Å². The highest BCUT2D eigenvalue weighted by Gasteiger charge is 2.24. The van der Waals surface area contributed by atoms with Gasteiger partial charge in [-0.05, 0) is 34.6 Å². The highest BCUT2D eigenvalue weighted by Crippen LogP contribution is 2.22. The maximum atomic E-state index is 6.24. The lowest BCUT2D eigenvalue weighted by Gasteiger charge is -2.29. The van der Waals surface area contributed by atoms with Crippen LogP contribution in [0, 0.1) is 6.92 Å². The molecule has 0 bridgehead atoms. The van der Waals surface area contributed by atoms with Crippen LogP contribution in [0.1, 0.15) is 39.1 Å². The van der Waals surface area contributed by atoms with Gasteiger partial charge in [0.2, 0.25) is 0 Å². The summed E-state index contributed by atoms with van der Waals surface area (Å²) >= 11 is 12.4. The summed E-state index contributed by atoms with van der Waals surface area (Å²) in [7, 11) is 0. The Bertz CT molecular complexity index is 383. The molecule has 0 spiro atoms. The molecule has 0 aromatic carbocycles. The first-order valence-electron chi connectivity index (χ1n) is 5.90. The predicted molar refractivity (Wildman–Crippen MR) is 73.9 cm³/mol. The first-order valence-corrected chi connectivity index (χ1v) is 6.72. The Balaban J connectivity index is 2.82. The molecule has 17 heavy (non-hydrogen) atoms. The third-order valence-corrected chi connectivity index (χ3v) is 4.20. The molecule has 0 saturated carbocycles. The molecule has 0 saturated heterocycles. The quantitative estimate of drug-likeness (QED) is 0.837. The van der Waals surface area contributed by atoms with E-state index in [0.717, 1.165) is 23.0 Å². The number of aryl methyl sites for hydroxylation is 2. The van der Waals surface area contributed by atoms with Crippen LogP contribution in [0.2, 0.25) is 5.02 Å². The van der Waals surface area contributed by atoms with Crippen molar-refractivity contribution in [1.82, 2.24) is 15.1 Å². The molecule has 0 aliphatic carbocycles. The van der Waals surface area contributed by atoms with Crippen LogP contribution in [0.4, 0.5) is 0 Å². The summed E-state index contributed by atoms with van der Waals surface area (Å²) in [4.78, 5) is 0. The van der Waals surface area contributed by atoms with Gasteiger partial charge in [0, 0.05) is 24.0 Å². The molecular weight excluding hydrogens is 257 g/mol. The van der Waals surface area contributed by atoms with E-state index in [0.29, 0.717) is 6.54 Å². The third kappa shape index (κ3) is 3.36. The van der Waals surface area contributed by atoms with E-state index < -0.39 is 0 Å². The molecule has 1 heterocycles. The number of hydrogen-bond donors (Lipinski definition) is 1. The minimum absolute atomic E-state index is 0.0420.